The quantitative estimate of drug-likeness (QED) is 0.220. The molecule has 158 valence electrons. The van der Waals surface area contributed by atoms with Crippen LogP contribution < -0.4 is 5.32 Å². The van der Waals surface area contributed by atoms with Crippen LogP contribution in [0.2, 0.25) is 0 Å². The molecule has 0 amide bonds. The zero-order valence-corrected chi connectivity index (χ0v) is 17.2. The molecule has 0 aliphatic rings. The number of nitro groups is 1. The maximum Gasteiger partial charge on any atom is 0.269 e. The van der Waals surface area contributed by atoms with E-state index in [1.165, 1.54) is 12.1 Å². The number of carbonyl (C=O) groups excluding carboxylic acids is 1. The number of ketones is 1. The minimum absolute atomic E-state index is 0.00372. The summed E-state index contributed by atoms with van der Waals surface area (Å²) in [7, 11) is 0. The van der Waals surface area contributed by atoms with Gasteiger partial charge in [-0.25, -0.2) is 4.98 Å². The molecule has 3 aromatic carbocycles. The highest BCUT2D eigenvalue weighted by Gasteiger charge is 2.32. The van der Waals surface area contributed by atoms with Crippen LogP contribution in [0.25, 0.3) is 0 Å². The van der Waals surface area contributed by atoms with Crippen molar-refractivity contribution < 1.29 is 9.72 Å². The molecule has 0 aliphatic carbocycles. The van der Waals surface area contributed by atoms with E-state index in [2.05, 4.69) is 10.3 Å². The van der Waals surface area contributed by atoms with Gasteiger partial charge in [-0.2, -0.15) is 0 Å². The molecule has 0 saturated carbocycles. The summed E-state index contributed by atoms with van der Waals surface area (Å²) < 4.78 is 0. The topological polar surface area (TPSA) is 85.1 Å². The van der Waals surface area contributed by atoms with E-state index in [-0.39, 0.29) is 11.5 Å². The van der Waals surface area contributed by atoms with E-state index in [4.69, 9.17) is 0 Å². The number of benzene rings is 3. The van der Waals surface area contributed by atoms with Crippen LogP contribution in [0.3, 0.4) is 0 Å². The van der Waals surface area contributed by atoms with Crippen molar-refractivity contribution >= 4 is 17.3 Å². The van der Waals surface area contributed by atoms with E-state index < -0.39 is 16.9 Å². The third kappa shape index (κ3) is 4.70. The average molecular weight is 423 g/mol. The fraction of sp³-hybridized carbons (Fsp3) is 0.0769. The van der Waals surface area contributed by atoms with Crippen molar-refractivity contribution in [3.8, 4) is 0 Å². The molecule has 0 saturated heterocycles. The second-order valence-corrected chi connectivity index (χ2v) is 7.30. The predicted molar refractivity (Wildman–Crippen MR) is 124 cm³/mol. The van der Waals surface area contributed by atoms with Crippen molar-refractivity contribution in [3.63, 3.8) is 0 Å². The number of nitrogens with one attached hydrogen (secondary N) is 1. The number of carbonyl (C=O) groups is 1. The van der Waals surface area contributed by atoms with Gasteiger partial charge in [0.25, 0.3) is 5.69 Å². The molecule has 6 heteroatoms. The second kappa shape index (κ2) is 9.66. The number of pyridine rings is 1. The van der Waals surface area contributed by atoms with Crippen LogP contribution in [0.15, 0.2) is 109 Å². The molecule has 0 radical (unpaired) electrons. The third-order valence-electron chi connectivity index (χ3n) is 5.26. The monoisotopic (exact) mass is 423 g/mol. The van der Waals surface area contributed by atoms with Gasteiger partial charge in [0.05, 0.1) is 16.9 Å². The number of Topliss-reactive ketones (excluding diaryl/α,β-unsaturated/α-hetero) is 1. The van der Waals surface area contributed by atoms with Crippen molar-refractivity contribution in [1.29, 1.82) is 0 Å². The zero-order valence-electron chi connectivity index (χ0n) is 17.2. The molecule has 0 bridgehead atoms. The number of hydrogen-bond acceptors (Lipinski definition) is 5. The Labute approximate surface area is 185 Å². The first-order valence-electron chi connectivity index (χ1n) is 10.2. The SMILES string of the molecule is O=C(c1ccccc1)[C@@H](c1ccccc1)[C@@H](Nc1ccccn1)c1ccc([N+](=O)[O-])cc1. The highest BCUT2D eigenvalue weighted by atomic mass is 16.6. The first-order chi connectivity index (χ1) is 15.6. The zero-order chi connectivity index (χ0) is 22.3. The summed E-state index contributed by atoms with van der Waals surface area (Å²) in [4.78, 5) is 28.8. The lowest BCUT2D eigenvalue weighted by Gasteiger charge is -2.28. The number of nitro benzene ring substituents is 1. The van der Waals surface area contributed by atoms with Gasteiger partial charge in [-0.15, -0.1) is 0 Å². The van der Waals surface area contributed by atoms with E-state index in [1.807, 2.05) is 66.7 Å². The lowest BCUT2D eigenvalue weighted by Crippen LogP contribution is -2.27. The second-order valence-electron chi connectivity index (χ2n) is 7.30. The van der Waals surface area contributed by atoms with Crippen molar-refractivity contribution in [1.82, 2.24) is 4.98 Å². The van der Waals surface area contributed by atoms with Crippen LogP contribution in [0.4, 0.5) is 11.5 Å². The summed E-state index contributed by atoms with van der Waals surface area (Å²) in [5.41, 5.74) is 2.18. The van der Waals surface area contributed by atoms with Crippen molar-refractivity contribution in [2.45, 2.75) is 12.0 Å². The highest BCUT2D eigenvalue weighted by molar-refractivity contribution is 6.01. The normalized spacial score (nSPS) is 12.5. The van der Waals surface area contributed by atoms with E-state index in [9.17, 15) is 14.9 Å². The number of nitrogens with zero attached hydrogens (tertiary/aromatic N) is 2. The standard InChI is InChI=1S/C26H21N3O3/c30-26(21-11-5-2-6-12-21)24(19-9-3-1-4-10-19)25(28-23-13-7-8-18-27-23)20-14-16-22(17-15-20)29(31)32/h1-18,24-25H,(H,27,28)/t24-,25-/m0/s1. The molecule has 4 aromatic rings. The Morgan fingerprint density at radius 2 is 1.41 bits per heavy atom. The van der Waals surface area contributed by atoms with E-state index in [0.717, 1.165) is 11.1 Å². The first-order valence-corrected chi connectivity index (χ1v) is 10.2. The molecule has 1 aromatic heterocycles. The smallest absolute Gasteiger partial charge is 0.269 e. The van der Waals surface area contributed by atoms with Gasteiger partial charge in [-0.05, 0) is 23.3 Å². The molecule has 1 heterocycles. The van der Waals surface area contributed by atoms with Gasteiger partial charge in [0, 0.05) is 23.9 Å². The molecular formula is C26H21N3O3. The number of anilines is 1. The van der Waals surface area contributed by atoms with Crippen LogP contribution in [-0.4, -0.2) is 15.7 Å². The maximum atomic E-state index is 13.8. The van der Waals surface area contributed by atoms with Gasteiger partial charge in [0.1, 0.15) is 5.82 Å². The summed E-state index contributed by atoms with van der Waals surface area (Å²) in [5.74, 6) is -0.0247. The van der Waals surface area contributed by atoms with Crippen LogP contribution >= 0.6 is 0 Å². The summed E-state index contributed by atoms with van der Waals surface area (Å²) in [6.45, 7) is 0. The van der Waals surface area contributed by atoms with Crippen molar-refractivity contribution in [3.05, 3.63) is 136 Å². The van der Waals surface area contributed by atoms with Gasteiger partial charge in [0.2, 0.25) is 0 Å². The lowest BCUT2D eigenvalue weighted by atomic mass is 9.81. The largest absolute Gasteiger partial charge is 0.362 e. The van der Waals surface area contributed by atoms with E-state index in [1.54, 1.807) is 30.5 Å². The Hall–Kier alpha value is -4.32. The molecule has 0 aliphatic heterocycles. The average Bonchev–Trinajstić information content (AvgIpc) is 2.85. The first kappa shape index (κ1) is 20.9. The number of rotatable bonds is 8. The fourth-order valence-corrected chi connectivity index (χ4v) is 3.71. The fourth-order valence-electron chi connectivity index (χ4n) is 3.71. The summed E-state index contributed by atoms with van der Waals surface area (Å²) in [5, 5.41) is 14.5. The van der Waals surface area contributed by atoms with Crippen LogP contribution in [-0.2, 0) is 0 Å². The molecule has 32 heavy (non-hydrogen) atoms. The number of hydrogen-bond donors (Lipinski definition) is 1. The van der Waals surface area contributed by atoms with Gasteiger partial charge in [0.15, 0.2) is 5.78 Å². The van der Waals surface area contributed by atoms with Crippen LogP contribution in [0.1, 0.15) is 33.4 Å². The lowest BCUT2D eigenvalue weighted by molar-refractivity contribution is -0.384. The molecule has 2 atom stereocenters. The van der Waals surface area contributed by atoms with Crippen molar-refractivity contribution in [2.75, 3.05) is 5.32 Å². The molecule has 0 spiro atoms. The Balaban J connectivity index is 1.83. The van der Waals surface area contributed by atoms with Gasteiger partial charge >= 0.3 is 0 Å². The number of non-ortho nitro benzene ring substituents is 1. The Morgan fingerprint density at radius 1 is 0.781 bits per heavy atom. The van der Waals surface area contributed by atoms with E-state index >= 15 is 0 Å². The molecular weight excluding hydrogens is 402 g/mol. The summed E-state index contributed by atoms with van der Waals surface area (Å²) in [6, 6.07) is 30.0. The molecule has 0 unspecified atom stereocenters. The minimum atomic E-state index is -0.581. The maximum absolute atomic E-state index is 13.8. The summed E-state index contributed by atoms with van der Waals surface area (Å²) in [6.07, 6.45) is 1.67. The summed E-state index contributed by atoms with van der Waals surface area (Å²) >= 11 is 0. The van der Waals surface area contributed by atoms with E-state index in [0.29, 0.717) is 11.4 Å². The highest BCUT2D eigenvalue weighted by Crippen LogP contribution is 2.37. The molecule has 6 nitrogen and oxygen atoms in total. The third-order valence-corrected chi connectivity index (χ3v) is 5.26. The molecule has 4 rings (SSSR count). The molecule has 0 fully saturated rings. The van der Waals surface area contributed by atoms with Gasteiger partial charge in [-0.3, -0.25) is 14.9 Å². The van der Waals surface area contributed by atoms with Gasteiger partial charge in [-0.1, -0.05) is 78.9 Å². The Kier molecular flexibility index (Phi) is 6.32. The number of aromatic nitrogens is 1. The predicted octanol–water partition coefficient (Wildman–Crippen LogP) is 5.81. The Morgan fingerprint density at radius 3 is 2.00 bits per heavy atom. The molecule has 1 N–H and O–H groups in total. The van der Waals surface area contributed by atoms with Crippen molar-refractivity contribution in [2.24, 2.45) is 0 Å². The Bertz CT molecular complexity index is 1180. The van der Waals surface area contributed by atoms with Crippen LogP contribution in [0.5, 0.6) is 0 Å². The van der Waals surface area contributed by atoms with Crippen LogP contribution in [0, 0.1) is 10.1 Å². The minimum Gasteiger partial charge on any atom is -0.362 e. The van der Waals surface area contributed by atoms with Gasteiger partial charge < -0.3 is 5.32 Å².